The zero-order valence-corrected chi connectivity index (χ0v) is 13.8. The molecule has 0 spiro atoms. The number of anilines is 2. The first kappa shape index (κ1) is 16.0. The maximum Gasteiger partial charge on any atom is 0.197 e. The molecule has 0 aliphatic heterocycles. The van der Waals surface area contributed by atoms with E-state index in [1.54, 1.807) is 11.0 Å². The highest BCUT2D eigenvalue weighted by atomic mass is 19.1. The third-order valence-corrected chi connectivity index (χ3v) is 4.10. The topological polar surface area (TPSA) is 53.1 Å². The first-order valence-corrected chi connectivity index (χ1v) is 7.90. The number of guanidine groups is 1. The standard InChI is InChI=1S/C20H20FN3/c1-13(2)16-7-3-4-8-18(16)24(20(22)23)19-9-5-6-14-10-11-15(21)12-17(14)19/h3-13H,1-2H3,(H3,22,23). The van der Waals surface area contributed by atoms with Gasteiger partial charge in [0.05, 0.1) is 11.4 Å². The van der Waals surface area contributed by atoms with Gasteiger partial charge in [-0.2, -0.15) is 0 Å². The average Bonchev–Trinajstić information content (AvgIpc) is 2.55. The van der Waals surface area contributed by atoms with Gasteiger partial charge in [0.2, 0.25) is 0 Å². The molecule has 0 saturated carbocycles. The minimum Gasteiger partial charge on any atom is -0.369 e. The molecule has 0 atom stereocenters. The highest BCUT2D eigenvalue weighted by Crippen LogP contribution is 2.36. The van der Waals surface area contributed by atoms with E-state index in [0.29, 0.717) is 5.69 Å². The maximum absolute atomic E-state index is 13.8. The number of fused-ring (bicyclic) bond motifs is 1. The van der Waals surface area contributed by atoms with Gasteiger partial charge < -0.3 is 5.73 Å². The molecule has 0 heterocycles. The van der Waals surface area contributed by atoms with E-state index in [1.807, 2.05) is 42.5 Å². The lowest BCUT2D eigenvalue weighted by atomic mass is 9.99. The molecular weight excluding hydrogens is 301 g/mol. The van der Waals surface area contributed by atoms with Crippen LogP contribution in [0.15, 0.2) is 60.7 Å². The molecule has 122 valence electrons. The van der Waals surface area contributed by atoms with Gasteiger partial charge in [0.25, 0.3) is 0 Å². The largest absolute Gasteiger partial charge is 0.369 e. The van der Waals surface area contributed by atoms with Crippen molar-refractivity contribution in [2.24, 2.45) is 5.73 Å². The number of hydrogen-bond donors (Lipinski definition) is 2. The van der Waals surface area contributed by atoms with E-state index >= 15 is 0 Å². The zero-order chi connectivity index (χ0) is 17.3. The average molecular weight is 321 g/mol. The van der Waals surface area contributed by atoms with Crippen LogP contribution in [0.3, 0.4) is 0 Å². The second-order valence-electron chi connectivity index (χ2n) is 6.08. The molecule has 0 aliphatic rings. The van der Waals surface area contributed by atoms with Crippen molar-refractivity contribution >= 4 is 28.1 Å². The summed E-state index contributed by atoms with van der Waals surface area (Å²) in [6, 6.07) is 18.2. The van der Waals surface area contributed by atoms with Crippen molar-refractivity contribution in [1.82, 2.24) is 0 Å². The Kier molecular flexibility index (Phi) is 4.21. The Morgan fingerprint density at radius 1 is 1.00 bits per heavy atom. The quantitative estimate of drug-likeness (QED) is 0.519. The number of nitrogens with two attached hydrogens (primary N) is 1. The number of nitrogens with one attached hydrogen (secondary N) is 1. The molecule has 0 fully saturated rings. The smallest absolute Gasteiger partial charge is 0.197 e. The number of halogens is 1. The molecule has 0 aromatic heterocycles. The van der Waals surface area contributed by atoms with E-state index in [1.165, 1.54) is 12.1 Å². The Morgan fingerprint density at radius 3 is 2.42 bits per heavy atom. The fourth-order valence-electron chi connectivity index (χ4n) is 2.99. The number of nitrogens with zero attached hydrogens (tertiary/aromatic N) is 1. The molecule has 0 aliphatic carbocycles. The van der Waals surface area contributed by atoms with Crippen LogP contribution in [0.4, 0.5) is 15.8 Å². The van der Waals surface area contributed by atoms with Crippen molar-refractivity contribution in [3.8, 4) is 0 Å². The first-order chi connectivity index (χ1) is 11.5. The molecule has 3 nitrogen and oxygen atoms in total. The predicted molar refractivity (Wildman–Crippen MR) is 98.5 cm³/mol. The highest BCUT2D eigenvalue weighted by molar-refractivity contribution is 6.08. The number of para-hydroxylation sites is 1. The van der Waals surface area contributed by atoms with Crippen molar-refractivity contribution < 1.29 is 4.39 Å². The molecule has 4 heteroatoms. The summed E-state index contributed by atoms with van der Waals surface area (Å²) < 4.78 is 13.8. The van der Waals surface area contributed by atoms with Crippen molar-refractivity contribution in [2.75, 3.05) is 4.90 Å². The lowest BCUT2D eigenvalue weighted by Gasteiger charge is -2.27. The van der Waals surface area contributed by atoms with E-state index in [-0.39, 0.29) is 17.7 Å². The van der Waals surface area contributed by atoms with Crippen molar-refractivity contribution in [3.05, 3.63) is 72.0 Å². The molecule has 0 radical (unpaired) electrons. The first-order valence-electron chi connectivity index (χ1n) is 7.90. The summed E-state index contributed by atoms with van der Waals surface area (Å²) in [5.74, 6) is -0.134. The molecule has 3 N–H and O–H groups in total. The van der Waals surface area contributed by atoms with Crippen LogP contribution in [-0.4, -0.2) is 5.96 Å². The lowest BCUT2D eigenvalue weighted by Crippen LogP contribution is -2.33. The van der Waals surface area contributed by atoms with Crippen molar-refractivity contribution in [2.45, 2.75) is 19.8 Å². The van der Waals surface area contributed by atoms with Crippen LogP contribution in [0.2, 0.25) is 0 Å². The Labute approximate surface area is 141 Å². The number of benzene rings is 3. The minimum absolute atomic E-state index is 0.0974. The summed E-state index contributed by atoms with van der Waals surface area (Å²) in [5.41, 5.74) is 8.54. The van der Waals surface area contributed by atoms with Gasteiger partial charge in [0.15, 0.2) is 5.96 Å². The lowest BCUT2D eigenvalue weighted by molar-refractivity contribution is 0.630. The van der Waals surface area contributed by atoms with Crippen LogP contribution in [0, 0.1) is 11.2 Å². The Morgan fingerprint density at radius 2 is 1.71 bits per heavy atom. The van der Waals surface area contributed by atoms with Crippen molar-refractivity contribution in [3.63, 3.8) is 0 Å². The van der Waals surface area contributed by atoms with Crippen LogP contribution in [0.1, 0.15) is 25.3 Å². The van der Waals surface area contributed by atoms with Gasteiger partial charge in [-0.3, -0.25) is 10.3 Å². The molecule has 3 rings (SSSR count). The van der Waals surface area contributed by atoms with Crippen LogP contribution in [0.25, 0.3) is 10.8 Å². The van der Waals surface area contributed by atoms with Gasteiger partial charge in [-0.25, -0.2) is 4.39 Å². The van der Waals surface area contributed by atoms with E-state index < -0.39 is 0 Å². The third-order valence-electron chi connectivity index (χ3n) is 4.10. The van der Waals surface area contributed by atoms with Gasteiger partial charge in [0, 0.05) is 5.39 Å². The molecule has 3 aromatic rings. The fraction of sp³-hybridized carbons (Fsp3) is 0.150. The van der Waals surface area contributed by atoms with Crippen LogP contribution >= 0.6 is 0 Å². The zero-order valence-electron chi connectivity index (χ0n) is 13.8. The Bertz CT molecular complexity index is 902. The number of hydrogen-bond acceptors (Lipinski definition) is 1. The molecule has 3 aromatic carbocycles. The van der Waals surface area contributed by atoms with E-state index in [4.69, 9.17) is 11.1 Å². The summed E-state index contributed by atoms with van der Waals surface area (Å²) in [4.78, 5) is 1.68. The molecule has 0 amide bonds. The van der Waals surface area contributed by atoms with Crippen LogP contribution in [0.5, 0.6) is 0 Å². The number of rotatable bonds is 3. The Balaban J connectivity index is 2.28. The molecule has 0 saturated heterocycles. The second kappa shape index (κ2) is 6.32. The highest BCUT2D eigenvalue weighted by Gasteiger charge is 2.19. The third kappa shape index (κ3) is 2.83. The van der Waals surface area contributed by atoms with Crippen LogP contribution < -0.4 is 10.6 Å². The summed E-state index contributed by atoms with van der Waals surface area (Å²) in [7, 11) is 0. The van der Waals surface area contributed by atoms with Crippen LogP contribution in [-0.2, 0) is 0 Å². The van der Waals surface area contributed by atoms with Gasteiger partial charge in [-0.05, 0) is 41.1 Å². The molecule has 24 heavy (non-hydrogen) atoms. The second-order valence-corrected chi connectivity index (χ2v) is 6.08. The van der Waals surface area contributed by atoms with Gasteiger partial charge >= 0.3 is 0 Å². The minimum atomic E-state index is -0.310. The predicted octanol–water partition coefficient (Wildman–Crippen LogP) is 5.13. The summed E-state index contributed by atoms with van der Waals surface area (Å²) in [6.45, 7) is 4.19. The molecule has 0 bridgehead atoms. The SMILES string of the molecule is CC(C)c1ccccc1N(C(=N)N)c1cccc2ccc(F)cc12. The summed E-state index contributed by atoms with van der Waals surface area (Å²) in [6.07, 6.45) is 0. The normalized spacial score (nSPS) is 11.0. The van der Waals surface area contributed by atoms with E-state index in [2.05, 4.69) is 13.8 Å². The summed E-state index contributed by atoms with van der Waals surface area (Å²) in [5, 5.41) is 9.74. The Hall–Kier alpha value is -2.88. The molecular formula is C20H20FN3. The summed E-state index contributed by atoms with van der Waals surface area (Å²) >= 11 is 0. The van der Waals surface area contributed by atoms with Gasteiger partial charge in [-0.1, -0.05) is 50.2 Å². The van der Waals surface area contributed by atoms with E-state index in [0.717, 1.165) is 22.0 Å². The van der Waals surface area contributed by atoms with Crippen molar-refractivity contribution in [1.29, 1.82) is 5.41 Å². The monoisotopic (exact) mass is 321 g/mol. The van der Waals surface area contributed by atoms with Gasteiger partial charge in [0.1, 0.15) is 5.82 Å². The van der Waals surface area contributed by atoms with Gasteiger partial charge in [-0.15, -0.1) is 0 Å². The van der Waals surface area contributed by atoms with E-state index in [9.17, 15) is 4.39 Å². The fourth-order valence-corrected chi connectivity index (χ4v) is 2.99. The molecule has 0 unspecified atom stereocenters. The maximum atomic E-state index is 13.8.